The normalized spacial score (nSPS) is 17.3. The lowest BCUT2D eigenvalue weighted by Gasteiger charge is -2.27. The number of rotatable bonds is 7. The molecule has 3 rings (SSSR count). The Morgan fingerprint density at radius 1 is 1.07 bits per heavy atom. The third-order valence-electron chi connectivity index (χ3n) is 5.07. The topological polar surface area (TPSA) is 77.9 Å². The lowest BCUT2D eigenvalue weighted by molar-refractivity contribution is -0.129. The number of hydrogen-bond acceptors (Lipinski definition) is 5. The maximum atomic E-state index is 13.4. The van der Waals surface area contributed by atoms with Crippen LogP contribution in [0.4, 0.5) is 0 Å². The number of aryl methyl sites for hydroxylation is 1. The minimum absolute atomic E-state index is 0.0199. The Balaban J connectivity index is 2.09. The largest absolute Gasteiger partial charge is 0.502 e. The fraction of sp³-hybridized carbons (Fsp3) is 0.318. The first-order valence-corrected chi connectivity index (χ1v) is 11.4. The van der Waals surface area contributed by atoms with Gasteiger partial charge in [-0.3, -0.25) is 4.79 Å². The molecular formula is C22H25ClN2O4S. The Hall–Kier alpha value is -2.35. The molecule has 1 aliphatic heterocycles. The van der Waals surface area contributed by atoms with E-state index >= 15 is 0 Å². The molecule has 1 aliphatic rings. The molecule has 2 aromatic rings. The van der Waals surface area contributed by atoms with E-state index in [4.69, 9.17) is 11.6 Å². The van der Waals surface area contributed by atoms with Crippen molar-refractivity contribution in [2.75, 3.05) is 27.2 Å². The fourth-order valence-corrected chi connectivity index (χ4v) is 5.29. The van der Waals surface area contributed by atoms with Crippen LogP contribution in [0, 0.1) is 6.92 Å². The second-order valence-electron chi connectivity index (χ2n) is 7.64. The smallest absolute Gasteiger partial charge is 0.290 e. The number of carbonyl (C=O) groups is 1. The molecule has 2 aromatic carbocycles. The first-order chi connectivity index (χ1) is 14.1. The molecule has 160 valence electrons. The molecule has 0 saturated heterocycles. The quantitative estimate of drug-likeness (QED) is 0.698. The average molecular weight is 449 g/mol. The predicted molar refractivity (Wildman–Crippen MR) is 117 cm³/mol. The molecule has 0 bridgehead atoms. The number of aliphatic hydroxyl groups excluding tert-OH is 1. The predicted octanol–water partition coefficient (Wildman–Crippen LogP) is 3.73. The molecule has 0 aromatic heterocycles. The van der Waals surface area contributed by atoms with Gasteiger partial charge in [-0.05, 0) is 63.8 Å². The number of nitrogens with zero attached hydrogens (tertiary/aromatic N) is 2. The zero-order chi connectivity index (χ0) is 22.1. The van der Waals surface area contributed by atoms with Gasteiger partial charge < -0.3 is 14.9 Å². The Morgan fingerprint density at radius 2 is 1.67 bits per heavy atom. The van der Waals surface area contributed by atoms with E-state index in [1.165, 1.54) is 29.2 Å². The standard InChI is InChI=1S/C22H25ClN2O4S/c1-15-5-7-16(8-6-15)19-21(30(28,29)18-11-9-17(23)10-12-18)20(26)22(27)25(19)14-4-13-24(2)3/h5-12,19,26H,4,13-14H2,1-3H3/t19-/m0/s1. The van der Waals surface area contributed by atoms with Crippen molar-refractivity contribution in [1.82, 2.24) is 9.80 Å². The Labute approximate surface area is 182 Å². The summed E-state index contributed by atoms with van der Waals surface area (Å²) >= 11 is 5.90. The van der Waals surface area contributed by atoms with Crippen LogP contribution in [0.25, 0.3) is 0 Å². The lowest BCUT2D eigenvalue weighted by atomic mass is 10.0. The van der Waals surface area contributed by atoms with E-state index in [0.717, 1.165) is 12.1 Å². The zero-order valence-corrected chi connectivity index (χ0v) is 18.7. The molecule has 0 fully saturated rings. The van der Waals surface area contributed by atoms with Gasteiger partial charge in [0.15, 0.2) is 5.76 Å². The van der Waals surface area contributed by atoms with Gasteiger partial charge in [0.2, 0.25) is 9.84 Å². The highest BCUT2D eigenvalue weighted by Crippen LogP contribution is 2.42. The van der Waals surface area contributed by atoms with Gasteiger partial charge in [-0.15, -0.1) is 0 Å². The van der Waals surface area contributed by atoms with Crippen molar-refractivity contribution in [2.24, 2.45) is 0 Å². The summed E-state index contributed by atoms with van der Waals surface area (Å²) in [6.45, 7) is 2.97. The molecule has 1 atom stereocenters. The van der Waals surface area contributed by atoms with Crippen LogP contribution < -0.4 is 0 Å². The molecule has 1 heterocycles. The molecule has 0 saturated carbocycles. The van der Waals surface area contributed by atoms with Crippen LogP contribution in [0.15, 0.2) is 64.1 Å². The first kappa shape index (κ1) is 22.3. The van der Waals surface area contributed by atoms with Crippen molar-refractivity contribution in [2.45, 2.75) is 24.3 Å². The minimum Gasteiger partial charge on any atom is -0.502 e. The van der Waals surface area contributed by atoms with Gasteiger partial charge in [-0.2, -0.15) is 0 Å². The van der Waals surface area contributed by atoms with Gasteiger partial charge in [-0.25, -0.2) is 8.42 Å². The lowest BCUT2D eigenvalue weighted by Crippen LogP contribution is -2.33. The third-order valence-corrected chi connectivity index (χ3v) is 7.21. The number of benzene rings is 2. The first-order valence-electron chi connectivity index (χ1n) is 9.59. The van der Waals surface area contributed by atoms with E-state index in [-0.39, 0.29) is 9.80 Å². The summed E-state index contributed by atoms with van der Waals surface area (Å²) < 4.78 is 26.9. The van der Waals surface area contributed by atoms with E-state index in [1.54, 1.807) is 12.1 Å². The molecule has 0 radical (unpaired) electrons. The molecule has 30 heavy (non-hydrogen) atoms. The molecular weight excluding hydrogens is 424 g/mol. The number of aliphatic hydroxyl groups is 1. The molecule has 1 amide bonds. The number of sulfone groups is 1. The van der Waals surface area contributed by atoms with Crippen LogP contribution in [-0.4, -0.2) is 56.4 Å². The number of hydrogen-bond donors (Lipinski definition) is 1. The van der Waals surface area contributed by atoms with E-state index < -0.39 is 27.5 Å². The number of amides is 1. The molecule has 1 N–H and O–H groups in total. The molecule has 0 unspecified atom stereocenters. The zero-order valence-electron chi connectivity index (χ0n) is 17.2. The van der Waals surface area contributed by atoms with E-state index in [1.807, 2.05) is 38.1 Å². The number of carbonyl (C=O) groups excluding carboxylic acids is 1. The summed E-state index contributed by atoms with van der Waals surface area (Å²) in [6.07, 6.45) is 0.642. The maximum absolute atomic E-state index is 13.4. The SMILES string of the molecule is Cc1ccc([C@H]2C(S(=O)(=O)c3ccc(Cl)cc3)=C(O)C(=O)N2CCCN(C)C)cc1. The van der Waals surface area contributed by atoms with Crippen LogP contribution in [0.1, 0.15) is 23.6 Å². The van der Waals surface area contributed by atoms with Gasteiger partial charge in [0, 0.05) is 11.6 Å². The van der Waals surface area contributed by atoms with Gasteiger partial charge in [0.1, 0.15) is 4.91 Å². The van der Waals surface area contributed by atoms with E-state index in [0.29, 0.717) is 23.6 Å². The van der Waals surface area contributed by atoms with Crippen molar-refractivity contribution in [1.29, 1.82) is 0 Å². The summed E-state index contributed by atoms with van der Waals surface area (Å²) in [6, 6.07) is 12.1. The molecule has 8 heteroatoms. The van der Waals surface area contributed by atoms with Gasteiger partial charge in [0.05, 0.1) is 10.9 Å². The Bertz CT molecular complexity index is 1060. The summed E-state index contributed by atoms with van der Waals surface area (Å²) in [4.78, 5) is 16.0. The van der Waals surface area contributed by atoms with Crippen molar-refractivity contribution in [3.8, 4) is 0 Å². The van der Waals surface area contributed by atoms with Crippen molar-refractivity contribution in [3.63, 3.8) is 0 Å². The summed E-state index contributed by atoms with van der Waals surface area (Å²) in [5.41, 5.74) is 1.65. The molecule has 0 aliphatic carbocycles. The maximum Gasteiger partial charge on any atom is 0.290 e. The summed E-state index contributed by atoms with van der Waals surface area (Å²) in [7, 11) is -0.269. The van der Waals surface area contributed by atoms with Gasteiger partial charge in [-0.1, -0.05) is 41.4 Å². The summed E-state index contributed by atoms with van der Waals surface area (Å²) in [5, 5.41) is 11.0. The van der Waals surface area contributed by atoms with Crippen molar-refractivity contribution < 1.29 is 18.3 Å². The second kappa shape index (κ2) is 8.79. The average Bonchev–Trinajstić information content (AvgIpc) is 2.94. The van der Waals surface area contributed by atoms with Gasteiger partial charge in [0.25, 0.3) is 5.91 Å². The molecule has 0 spiro atoms. The third kappa shape index (κ3) is 4.38. The highest BCUT2D eigenvalue weighted by molar-refractivity contribution is 7.95. The van der Waals surface area contributed by atoms with Crippen LogP contribution in [0.2, 0.25) is 5.02 Å². The van der Waals surface area contributed by atoms with Crippen molar-refractivity contribution >= 4 is 27.3 Å². The van der Waals surface area contributed by atoms with Crippen LogP contribution in [-0.2, 0) is 14.6 Å². The van der Waals surface area contributed by atoms with E-state index in [2.05, 4.69) is 0 Å². The van der Waals surface area contributed by atoms with E-state index in [9.17, 15) is 18.3 Å². The molecule has 6 nitrogen and oxygen atoms in total. The Kier molecular flexibility index (Phi) is 6.55. The van der Waals surface area contributed by atoms with Crippen LogP contribution in [0.3, 0.4) is 0 Å². The highest BCUT2D eigenvalue weighted by Gasteiger charge is 2.46. The Morgan fingerprint density at radius 3 is 2.23 bits per heavy atom. The van der Waals surface area contributed by atoms with Gasteiger partial charge >= 0.3 is 0 Å². The van der Waals surface area contributed by atoms with Crippen molar-refractivity contribution in [3.05, 3.63) is 75.3 Å². The fourth-order valence-electron chi connectivity index (χ4n) is 3.51. The minimum atomic E-state index is -4.12. The van der Waals surface area contributed by atoms with Crippen LogP contribution >= 0.6 is 11.6 Å². The summed E-state index contributed by atoms with van der Waals surface area (Å²) in [5.74, 6) is -1.40. The second-order valence-corrected chi connectivity index (χ2v) is 9.99. The van der Waals surface area contributed by atoms with Crippen LogP contribution in [0.5, 0.6) is 0 Å². The number of halogens is 1. The highest BCUT2D eigenvalue weighted by atomic mass is 35.5. The monoisotopic (exact) mass is 448 g/mol.